The van der Waals surface area contributed by atoms with Crippen LogP contribution in [0.5, 0.6) is 5.88 Å². The minimum Gasteiger partial charge on any atom is -0.475 e. The Balaban J connectivity index is 1.92. The van der Waals surface area contributed by atoms with Gasteiger partial charge in [0, 0.05) is 30.7 Å². The van der Waals surface area contributed by atoms with E-state index in [2.05, 4.69) is 30.7 Å². The molecule has 0 saturated carbocycles. The number of ether oxygens (including phenoxy) is 2. The van der Waals surface area contributed by atoms with Gasteiger partial charge in [0.2, 0.25) is 5.88 Å². The van der Waals surface area contributed by atoms with E-state index in [1.165, 1.54) is 0 Å². The lowest BCUT2D eigenvalue weighted by molar-refractivity contribution is 0.0663. The molecule has 0 N–H and O–H groups in total. The van der Waals surface area contributed by atoms with Gasteiger partial charge in [0.15, 0.2) is 5.78 Å². The Morgan fingerprint density at radius 1 is 1.44 bits per heavy atom. The van der Waals surface area contributed by atoms with Crippen molar-refractivity contribution in [2.45, 2.75) is 58.6 Å². The van der Waals surface area contributed by atoms with Crippen molar-refractivity contribution >= 4 is 17.4 Å². The number of pyridine rings is 1. The van der Waals surface area contributed by atoms with Gasteiger partial charge in [-0.05, 0) is 45.3 Å². The quantitative estimate of drug-likeness (QED) is 0.461. The summed E-state index contributed by atoms with van der Waals surface area (Å²) in [5.41, 5.74) is 0.564. The summed E-state index contributed by atoms with van der Waals surface area (Å²) in [6, 6.07) is 3.68. The first kappa shape index (κ1) is 20.1. The van der Waals surface area contributed by atoms with Gasteiger partial charge in [-0.2, -0.15) is 0 Å². The van der Waals surface area contributed by atoms with Crippen LogP contribution >= 0.6 is 11.6 Å². The van der Waals surface area contributed by atoms with Crippen LogP contribution in [-0.4, -0.2) is 54.1 Å². The maximum absolute atomic E-state index is 12.5. The summed E-state index contributed by atoms with van der Waals surface area (Å²) < 4.78 is 11.2. The highest BCUT2D eigenvalue weighted by Gasteiger charge is 2.18. The van der Waals surface area contributed by atoms with Crippen LogP contribution in [0.15, 0.2) is 12.1 Å². The van der Waals surface area contributed by atoms with Gasteiger partial charge >= 0.3 is 0 Å². The molecular formula is C19H29ClN2O3. The molecular weight excluding hydrogens is 340 g/mol. The van der Waals surface area contributed by atoms with Gasteiger partial charge in [0.1, 0.15) is 11.8 Å². The van der Waals surface area contributed by atoms with Crippen molar-refractivity contribution < 1.29 is 14.3 Å². The summed E-state index contributed by atoms with van der Waals surface area (Å²) in [6.07, 6.45) is 3.48. The zero-order chi connectivity index (χ0) is 18.2. The highest BCUT2D eigenvalue weighted by atomic mass is 35.5. The molecule has 5 nitrogen and oxygen atoms in total. The summed E-state index contributed by atoms with van der Waals surface area (Å²) in [5.74, 6) is 0.466. The topological polar surface area (TPSA) is 51.7 Å². The van der Waals surface area contributed by atoms with E-state index in [-0.39, 0.29) is 17.0 Å². The Morgan fingerprint density at radius 2 is 2.20 bits per heavy atom. The van der Waals surface area contributed by atoms with Gasteiger partial charge in [0.05, 0.1) is 6.10 Å². The predicted octanol–water partition coefficient (Wildman–Crippen LogP) is 3.99. The average Bonchev–Trinajstić information content (AvgIpc) is 3.12. The van der Waals surface area contributed by atoms with E-state index in [9.17, 15) is 4.79 Å². The van der Waals surface area contributed by atoms with Crippen LogP contribution in [0.4, 0.5) is 0 Å². The number of halogens is 1. The molecule has 25 heavy (non-hydrogen) atoms. The number of nitrogens with zero attached hydrogens (tertiary/aromatic N) is 2. The van der Waals surface area contributed by atoms with Crippen LogP contribution in [-0.2, 0) is 4.74 Å². The maximum atomic E-state index is 12.5. The molecule has 1 fully saturated rings. The standard InChI is InChI=1S/C19H29ClN2O3/c1-4-22(5-2)14(3)8-9-17(23)15-11-18(20)21-19(12-15)25-13-16-7-6-10-24-16/h11-12,14,16H,4-10,13H2,1-3H3/t14-,16+/m0/s1. The molecule has 1 aromatic rings. The van der Waals surface area contributed by atoms with Crippen molar-refractivity contribution in [2.24, 2.45) is 0 Å². The van der Waals surface area contributed by atoms with Gasteiger partial charge in [-0.1, -0.05) is 25.4 Å². The van der Waals surface area contributed by atoms with Gasteiger partial charge in [-0.3, -0.25) is 4.79 Å². The zero-order valence-corrected chi connectivity index (χ0v) is 16.2. The minimum atomic E-state index is 0.0743. The van der Waals surface area contributed by atoms with E-state index < -0.39 is 0 Å². The molecule has 140 valence electrons. The zero-order valence-electron chi connectivity index (χ0n) is 15.5. The van der Waals surface area contributed by atoms with Crippen LogP contribution in [0.1, 0.15) is 56.8 Å². The molecule has 0 amide bonds. The van der Waals surface area contributed by atoms with E-state index in [4.69, 9.17) is 21.1 Å². The lowest BCUT2D eigenvalue weighted by Crippen LogP contribution is -2.33. The van der Waals surface area contributed by atoms with E-state index >= 15 is 0 Å². The smallest absolute Gasteiger partial charge is 0.215 e. The highest BCUT2D eigenvalue weighted by Crippen LogP contribution is 2.20. The number of hydrogen-bond donors (Lipinski definition) is 0. The van der Waals surface area contributed by atoms with E-state index in [0.29, 0.717) is 30.5 Å². The number of hydrogen-bond acceptors (Lipinski definition) is 5. The second-order valence-electron chi connectivity index (χ2n) is 6.49. The van der Waals surface area contributed by atoms with E-state index in [1.807, 2.05) is 0 Å². The molecule has 0 aliphatic carbocycles. The largest absolute Gasteiger partial charge is 0.475 e. The number of carbonyl (C=O) groups is 1. The number of aromatic nitrogens is 1. The Labute approximate surface area is 155 Å². The van der Waals surface area contributed by atoms with Crippen molar-refractivity contribution in [2.75, 3.05) is 26.3 Å². The third-order valence-corrected chi connectivity index (χ3v) is 4.95. The van der Waals surface area contributed by atoms with Crippen LogP contribution in [0, 0.1) is 0 Å². The van der Waals surface area contributed by atoms with E-state index in [1.54, 1.807) is 12.1 Å². The van der Waals surface area contributed by atoms with Crippen LogP contribution in [0.25, 0.3) is 0 Å². The van der Waals surface area contributed by atoms with Crippen LogP contribution in [0.2, 0.25) is 5.15 Å². The van der Waals surface area contributed by atoms with Gasteiger partial charge in [0.25, 0.3) is 0 Å². The van der Waals surface area contributed by atoms with Crippen molar-refractivity contribution in [3.8, 4) is 5.88 Å². The number of rotatable bonds is 10. The average molecular weight is 369 g/mol. The SMILES string of the molecule is CCN(CC)[C@@H](C)CCC(=O)c1cc(Cl)nc(OC[C@H]2CCCO2)c1. The molecule has 1 aliphatic rings. The van der Waals surface area contributed by atoms with Gasteiger partial charge < -0.3 is 14.4 Å². The summed E-state index contributed by atoms with van der Waals surface area (Å²) in [4.78, 5) is 19.0. The van der Waals surface area contributed by atoms with Gasteiger partial charge in [-0.25, -0.2) is 4.98 Å². The van der Waals surface area contributed by atoms with Crippen molar-refractivity contribution in [3.63, 3.8) is 0 Å². The molecule has 6 heteroatoms. The fraction of sp³-hybridized carbons (Fsp3) is 0.684. The summed E-state index contributed by atoms with van der Waals surface area (Å²) >= 11 is 6.06. The summed E-state index contributed by atoms with van der Waals surface area (Å²) in [7, 11) is 0. The second-order valence-corrected chi connectivity index (χ2v) is 6.88. The normalized spacial score (nSPS) is 18.5. The molecule has 0 spiro atoms. The Bertz CT molecular complexity index is 558. The number of Topliss-reactive ketones (excluding diaryl/α,β-unsaturated/α-hetero) is 1. The van der Waals surface area contributed by atoms with Crippen molar-refractivity contribution in [1.29, 1.82) is 0 Å². The molecule has 0 radical (unpaired) electrons. The molecule has 2 rings (SSSR count). The lowest BCUT2D eigenvalue weighted by Gasteiger charge is -2.26. The Hall–Kier alpha value is -1.17. The highest BCUT2D eigenvalue weighted by molar-refractivity contribution is 6.29. The fourth-order valence-corrected chi connectivity index (χ4v) is 3.38. The number of ketones is 1. The van der Waals surface area contributed by atoms with Crippen LogP contribution in [0.3, 0.4) is 0 Å². The molecule has 1 aromatic heterocycles. The van der Waals surface area contributed by atoms with Crippen LogP contribution < -0.4 is 4.74 Å². The van der Waals surface area contributed by atoms with Crippen molar-refractivity contribution in [1.82, 2.24) is 9.88 Å². The number of carbonyl (C=O) groups excluding carboxylic acids is 1. The Kier molecular flexibility index (Phi) is 8.13. The third-order valence-electron chi connectivity index (χ3n) is 4.76. The third kappa shape index (κ3) is 6.24. The lowest BCUT2D eigenvalue weighted by atomic mass is 10.0. The summed E-state index contributed by atoms with van der Waals surface area (Å²) in [5, 5.41) is 0.282. The maximum Gasteiger partial charge on any atom is 0.215 e. The monoisotopic (exact) mass is 368 g/mol. The second kappa shape index (κ2) is 10.1. The molecule has 2 heterocycles. The molecule has 0 aromatic carbocycles. The van der Waals surface area contributed by atoms with E-state index in [0.717, 1.165) is 39.0 Å². The fourth-order valence-electron chi connectivity index (χ4n) is 3.18. The first-order chi connectivity index (χ1) is 12.0. The Morgan fingerprint density at radius 3 is 2.84 bits per heavy atom. The van der Waals surface area contributed by atoms with Crippen molar-refractivity contribution in [3.05, 3.63) is 22.8 Å². The molecule has 0 bridgehead atoms. The minimum absolute atomic E-state index is 0.0743. The first-order valence-electron chi connectivity index (χ1n) is 9.22. The molecule has 1 saturated heterocycles. The predicted molar refractivity (Wildman–Crippen MR) is 99.7 cm³/mol. The van der Waals surface area contributed by atoms with Gasteiger partial charge in [-0.15, -0.1) is 0 Å². The molecule has 1 aliphatic heterocycles. The summed E-state index contributed by atoms with van der Waals surface area (Å²) in [6.45, 7) is 9.66. The first-order valence-corrected chi connectivity index (χ1v) is 9.60. The molecule has 0 unspecified atom stereocenters. The molecule has 2 atom stereocenters.